The third kappa shape index (κ3) is 2.32. The Morgan fingerprint density at radius 3 is 2.62 bits per heavy atom. The van der Waals surface area contributed by atoms with Crippen molar-refractivity contribution in [1.82, 2.24) is 5.32 Å². The van der Waals surface area contributed by atoms with E-state index in [1.807, 2.05) is 6.92 Å². The molecule has 2 nitrogen and oxygen atoms in total. The van der Waals surface area contributed by atoms with Crippen LogP contribution in [0.15, 0.2) is 11.6 Å². The van der Waals surface area contributed by atoms with Crippen LogP contribution in [0.4, 0.5) is 0 Å². The average molecular weight is 183 g/mol. The number of rotatable bonds is 2. The van der Waals surface area contributed by atoms with Crippen LogP contribution in [0.25, 0.3) is 0 Å². The van der Waals surface area contributed by atoms with Gasteiger partial charge in [0.1, 0.15) is 5.72 Å². The summed E-state index contributed by atoms with van der Waals surface area (Å²) in [4.78, 5) is 0. The molecule has 0 aromatic carbocycles. The Bertz CT molecular complexity index is 208. The van der Waals surface area contributed by atoms with E-state index in [-0.39, 0.29) is 0 Å². The third-order valence-corrected chi connectivity index (χ3v) is 3.34. The van der Waals surface area contributed by atoms with Crippen LogP contribution in [0, 0.1) is 11.8 Å². The normalized spacial score (nSPS) is 33.8. The molecule has 3 unspecified atom stereocenters. The molecule has 0 aromatic rings. The van der Waals surface area contributed by atoms with Gasteiger partial charge in [0.15, 0.2) is 0 Å². The maximum atomic E-state index is 9.97. The van der Waals surface area contributed by atoms with E-state index >= 15 is 0 Å². The molecule has 2 heteroatoms. The molecule has 0 radical (unpaired) electrons. The Kier molecular flexibility index (Phi) is 3.14. The largest absolute Gasteiger partial charge is 0.372 e. The molecule has 0 bridgehead atoms. The lowest BCUT2D eigenvalue weighted by Crippen LogP contribution is -2.42. The first-order valence-corrected chi connectivity index (χ1v) is 5.10. The molecule has 0 aliphatic heterocycles. The minimum absolute atomic E-state index is 0.587. The molecule has 0 fully saturated rings. The van der Waals surface area contributed by atoms with Gasteiger partial charge in [-0.25, -0.2) is 0 Å². The summed E-state index contributed by atoms with van der Waals surface area (Å²) in [5.41, 5.74) is 0.328. The first-order chi connectivity index (χ1) is 5.97. The Labute approximate surface area is 81.0 Å². The molecule has 76 valence electrons. The molecule has 1 aliphatic carbocycles. The Hall–Kier alpha value is -0.340. The maximum absolute atomic E-state index is 9.97. The zero-order valence-electron chi connectivity index (χ0n) is 9.09. The van der Waals surface area contributed by atoms with E-state index in [0.717, 1.165) is 17.9 Å². The minimum atomic E-state index is -0.811. The Morgan fingerprint density at radius 1 is 1.54 bits per heavy atom. The van der Waals surface area contributed by atoms with Crippen LogP contribution in [0.3, 0.4) is 0 Å². The van der Waals surface area contributed by atoms with E-state index in [9.17, 15) is 5.11 Å². The second-order valence-electron chi connectivity index (χ2n) is 4.39. The van der Waals surface area contributed by atoms with E-state index in [4.69, 9.17) is 0 Å². The number of likely N-dealkylation sites (N-methyl/N-ethyl adjacent to an activating group) is 1. The predicted molar refractivity (Wildman–Crippen MR) is 55.3 cm³/mol. The monoisotopic (exact) mass is 183 g/mol. The van der Waals surface area contributed by atoms with Gasteiger partial charge in [-0.2, -0.15) is 0 Å². The SMILES string of the molecule is CNC(C)(O)C1=CC(C)C(C)CC1. The highest BCUT2D eigenvalue weighted by Crippen LogP contribution is 2.32. The summed E-state index contributed by atoms with van der Waals surface area (Å²) in [7, 11) is 1.80. The quantitative estimate of drug-likeness (QED) is 0.506. The van der Waals surface area contributed by atoms with Gasteiger partial charge in [-0.15, -0.1) is 0 Å². The molecule has 1 aliphatic rings. The van der Waals surface area contributed by atoms with Crippen molar-refractivity contribution in [3.8, 4) is 0 Å². The first-order valence-electron chi connectivity index (χ1n) is 5.10. The van der Waals surface area contributed by atoms with Crippen molar-refractivity contribution in [2.45, 2.75) is 39.3 Å². The van der Waals surface area contributed by atoms with E-state index in [2.05, 4.69) is 25.2 Å². The van der Waals surface area contributed by atoms with Crippen molar-refractivity contribution in [3.05, 3.63) is 11.6 Å². The summed E-state index contributed by atoms with van der Waals surface area (Å²) in [5.74, 6) is 1.33. The molecule has 13 heavy (non-hydrogen) atoms. The standard InChI is InChI=1S/C11H21NO/c1-8-5-6-10(7-9(8)2)11(3,13)12-4/h7-9,12-13H,5-6H2,1-4H3. The van der Waals surface area contributed by atoms with Gasteiger partial charge in [0.25, 0.3) is 0 Å². The van der Waals surface area contributed by atoms with Gasteiger partial charge in [0.05, 0.1) is 0 Å². The van der Waals surface area contributed by atoms with Crippen LogP contribution in [0.1, 0.15) is 33.6 Å². The number of aliphatic hydroxyl groups is 1. The van der Waals surface area contributed by atoms with Gasteiger partial charge in [0.2, 0.25) is 0 Å². The molecule has 0 heterocycles. The smallest absolute Gasteiger partial charge is 0.135 e. The average Bonchev–Trinajstić information content (AvgIpc) is 2.09. The van der Waals surface area contributed by atoms with E-state index < -0.39 is 5.72 Å². The van der Waals surface area contributed by atoms with Gasteiger partial charge in [-0.1, -0.05) is 19.9 Å². The molecule has 2 N–H and O–H groups in total. The van der Waals surface area contributed by atoms with Crippen LogP contribution in [0.5, 0.6) is 0 Å². The minimum Gasteiger partial charge on any atom is -0.372 e. The van der Waals surface area contributed by atoms with Gasteiger partial charge in [0, 0.05) is 0 Å². The van der Waals surface area contributed by atoms with Gasteiger partial charge >= 0.3 is 0 Å². The highest BCUT2D eigenvalue weighted by atomic mass is 16.3. The molecule has 0 aromatic heterocycles. The molecule has 3 atom stereocenters. The van der Waals surface area contributed by atoms with E-state index in [1.165, 1.54) is 6.42 Å². The molecule has 0 amide bonds. The van der Waals surface area contributed by atoms with Crippen molar-refractivity contribution in [2.75, 3.05) is 7.05 Å². The Morgan fingerprint density at radius 2 is 2.15 bits per heavy atom. The summed E-state index contributed by atoms with van der Waals surface area (Å²) < 4.78 is 0. The molecule has 0 saturated carbocycles. The second-order valence-corrected chi connectivity index (χ2v) is 4.39. The zero-order chi connectivity index (χ0) is 10.1. The molecular formula is C11H21NO. The number of nitrogens with one attached hydrogen (secondary N) is 1. The van der Waals surface area contributed by atoms with Crippen molar-refractivity contribution in [3.63, 3.8) is 0 Å². The number of allylic oxidation sites excluding steroid dienone is 1. The third-order valence-electron chi connectivity index (χ3n) is 3.34. The van der Waals surface area contributed by atoms with Crippen LogP contribution in [-0.2, 0) is 0 Å². The second kappa shape index (κ2) is 3.81. The zero-order valence-corrected chi connectivity index (χ0v) is 9.09. The Balaban J connectivity index is 2.77. The fraction of sp³-hybridized carbons (Fsp3) is 0.818. The molecule has 0 spiro atoms. The number of hydrogen-bond acceptors (Lipinski definition) is 2. The summed E-state index contributed by atoms with van der Waals surface area (Å²) in [6, 6.07) is 0. The van der Waals surface area contributed by atoms with Crippen LogP contribution < -0.4 is 5.32 Å². The lowest BCUT2D eigenvalue weighted by atomic mass is 9.80. The predicted octanol–water partition coefficient (Wildman–Crippen LogP) is 1.91. The fourth-order valence-electron chi connectivity index (χ4n) is 1.78. The van der Waals surface area contributed by atoms with Crippen molar-refractivity contribution in [2.24, 2.45) is 11.8 Å². The van der Waals surface area contributed by atoms with Crippen LogP contribution >= 0.6 is 0 Å². The molecule has 1 rings (SSSR count). The number of hydrogen-bond donors (Lipinski definition) is 2. The lowest BCUT2D eigenvalue weighted by molar-refractivity contribution is 0.0623. The molecular weight excluding hydrogens is 162 g/mol. The first kappa shape index (κ1) is 10.7. The summed E-state index contributed by atoms with van der Waals surface area (Å²) in [6.07, 6.45) is 4.41. The van der Waals surface area contributed by atoms with E-state index in [1.54, 1.807) is 7.05 Å². The van der Waals surface area contributed by atoms with Crippen molar-refractivity contribution < 1.29 is 5.11 Å². The van der Waals surface area contributed by atoms with Crippen LogP contribution in [0.2, 0.25) is 0 Å². The van der Waals surface area contributed by atoms with Crippen LogP contribution in [-0.4, -0.2) is 17.9 Å². The van der Waals surface area contributed by atoms with Crippen molar-refractivity contribution in [1.29, 1.82) is 0 Å². The lowest BCUT2D eigenvalue weighted by Gasteiger charge is -2.33. The van der Waals surface area contributed by atoms with Gasteiger partial charge in [-0.3, -0.25) is 5.32 Å². The highest BCUT2D eigenvalue weighted by Gasteiger charge is 2.28. The van der Waals surface area contributed by atoms with Crippen molar-refractivity contribution >= 4 is 0 Å². The maximum Gasteiger partial charge on any atom is 0.135 e. The van der Waals surface area contributed by atoms with Gasteiger partial charge in [-0.05, 0) is 44.2 Å². The van der Waals surface area contributed by atoms with E-state index in [0.29, 0.717) is 5.92 Å². The fourth-order valence-corrected chi connectivity index (χ4v) is 1.78. The summed E-state index contributed by atoms with van der Waals surface area (Å²) in [6.45, 7) is 6.31. The molecule has 0 saturated heterocycles. The highest BCUT2D eigenvalue weighted by molar-refractivity contribution is 5.17. The summed E-state index contributed by atoms with van der Waals surface area (Å²) in [5, 5.41) is 12.9. The topological polar surface area (TPSA) is 32.3 Å². The summed E-state index contributed by atoms with van der Waals surface area (Å²) >= 11 is 0. The van der Waals surface area contributed by atoms with Gasteiger partial charge < -0.3 is 5.11 Å².